The monoisotopic (exact) mass is 389 g/mol. The zero-order valence-electron chi connectivity index (χ0n) is 16.0. The number of aryl methyl sites for hydroxylation is 1. The van der Waals surface area contributed by atoms with Gasteiger partial charge in [-0.05, 0) is 43.3 Å². The summed E-state index contributed by atoms with van der Waals surface area (Å²) in [7, 11) is 1.59. The molecule has 29 heavy (non-hydrogen) atoms. The highest BCUT2D eigenvalue weighted by Gasteiger charge is 2.13. The second-order valence-electron chi connectivity index (χ2n) is 6.58. The van der Waals surface area contributed by atoms with Crippen molar-refractivity contribution in [3.8, 4) is 11.4 Å². The van der Waals surface area contributed by atoms with Crippen LogP contribution in [0.4, 0.5) is 5.69 Å². The lowest BCUT2D eigenvalue weighted by molar-refractivity contribution is -0.116. The quantitative estimate of drug-likeness (QED) is 0.566. The summed E-state index contributed by atoms with van der Waals surface area (Å²) in [5, 5.41) is 7.39. The number of rotatable bonds is 5. The summed E-state index contributed by atoms with van der Waals surface area (Å²) >= 11 is 0. The fourth-order valence-corrected chi connectivity index (χ4v) is 2.97. The van der Waals surface area contributed by atoms with E-state index in [0.29, 0.717) is 16.7 Å². The maximum Gasteiger partial charge on any atom is 0.264 e. The van der Waals surface area contributed by atoms with Gasteiger partial charge < -0.3 is 10.1 Å². The van der Waals surface area contributed by atoms with Crippen LogP contribution in [0, 0.1) is 6.92 Å². The van der Waals surface area contributed by atoms with Crippen LogP contribution >= 0.6 is 0 Å². The summed E-state index contributed by atoms with van der Waals surface area (Å²) < 4.78 is 8.00. The van der Waals surface area contributed by atoms with Crippen LogP contribution in [0.2, 0.25) is 0 Å². The van der Waals surface area contributed by atoms with Crippen LogP contribution in [0.5, 0.6) is 5.75 Å². The normalized spacial score (nSPS) is 10.8. The van der Waals surface area contributed by atoms with E-state index in [9.17, 15) is 9.59 Å². The van der Waals surface area contributed by atoms with Gasteiger partial charge in [0.1, 0.15) is 24.0 Å². The summed E-state index contributed by atoms with van der Waals surface area (Å²) in [5.74, 6) is 0.416. The summed E-state index contributed by atoms with van der Waals surface area (Å²) in [4.78, 5) is 29.4. The highest BCUT2D eigenvalue weighted by molar-refractivity contribution is 5.90. The van der Waals surface area contributed by atoms with Crippen molar-refractivity contribution in [2.45, 2.75) is 13.5 Å². The molecule has 1 N–H and O–H groups in total. The van der Waals surface area contributed by atoms with Crippen LogP contribution in [0.1, 0.15) is 5.56 Å². The molecule has 0 saturated carbocycles. The second-order valence-corrected chi connectivity index (χ2v) is 6.58. The number of aromatic nitrogens is 4. The average molecular weight is 389 g/mol. The molecule has 0 spiro atoms. The number of fused-ring (bicyclic) bond motifs is 1. The van der Waals surface area contributed by atoms with Crippen molar-refractivity contribution >= 4 is 22.6 Å². The van der Waals surface area contributed by atoms with Gasteiger partial charge in [0.25, 0.3) is 5.56 Å². The van der Waals surface area contributed by atoms with Gasteiger partial charge in [-0.1, -0.05) is 17.7 Å². The van der Waals surface area contributed by atoms with E-state index in [0.717, 1.165) is 17.0 Å². The van der Waals surface area contributed by atoms with Crippen LogP contribution in [0.3, 0.4) is 0 Å². The lowest BCUT2D eigenvalue weighted by Gasteiger charge is -2.08. The van der Waals surface area contributed by atoms with Gasteiger partial charge in [0.05, 0.1) is 19.0 Å². The maximum absolute atomic E-state index is 12.8. The smallest absolute Gasteiger partial charge is 0.264 e. The number of benzene rings is 2. The number of hydrogen-bond donors (Lipinski definition) is 1. The second kappa shape index (κ2) is 7.59. The van der Waals surface area contributed by atoms with E-state index < -0.39 is 0 Å². The van der Waals surface area contributed by atoms with E-state index in [4.69, 9.17) is 4.74 Å². The molecule has 8 heteroatoms. The molecule has 0 saturated heterocycles. The molecule has 0 radical (unpaired) electrons. The van der Waals surface area contributed by atoms with Crippen molar-refractivity contribution in [2.75, 3.05) is 12.4 Å². The van der Waals surface area contributed by atoms with E-state index in [2.05, 4.69) is 15.4 Å². The van der Waals surface area contributed by atoms with Crippen molar-refractivity contribution in [3.63, 3.8) is 0 Å². The standard InChI is InChI=1S/C21H19N5O3/c1-14-3-5-15(6-4-14)24-19(27)12-25-13-22-20-18(21(25)28)11-23-26(20)16-7-9-17(29-2)10-8-16/h3-11,13H,12H2,1-2H3,(H,24,27). The van der Waals surface area contributed by atoms with Crippen LogP contribution in [0.25, 0.3) is 16.7 Å². The molecule has 0 atom stereocenters. The van der Waals surface area contributed by atoms with Gasteiger partial charge in [-0.15, -0.1) is 0 Å². The molecule has 4 aromatic rings. The van der Waals surface area contributed by atoms with Crippen molar-refractivity contribution in [1.82, 2.24) is 19.3 Å². The number of carbonyl (C=O) groups excluding carboxylic acids is 1. The topological polar surface area (TPSA) is 91.0 Å². The molecular formula is C21H19N5O3. The number of hydrogen-bond acceptors (Lipinski definition) is 5. The number of methoxy groups -OCH3 is 1. The summed E-state index contributed by atoms with van der Waals surface area (Å²) in [6.45, 7) is 1.83. The van der Waals surface area contributed by atoms with Gasteiger partial charge in [-0.2, -0.15) is 5.10 Å². The third kappa shape index (κ3) is 3.73. The molecule has 2 aromatic carbocycles. The Bertz CT molecular complexity index is 1220. The minimum absolute atomic E-state index is 0.136. The minimum atomic E-state index is -0.325. The minimum Gasteiger partial charge on any atom is -0.497 e. The molecule has 0 fully saturated rings. The SMILES string of the molecule is COc1ccc(-n2ncc3c(=O)n(CC(=O)Nc4ccc(C)cc4)cnc32)cc1. The number of carbonyl (C=O) groups is 1. The average Bonchev–Trinajstić information content (AvgIpc) is 3.17. The van der Waals surface area contributed by atoms with E-state index in [1.807, 2.05) is 43.3 Å². The Kier molecular flexibility index (Phi) is 4.82. The van der Waals surface area contributed by atoms with Gasteiger partial charge >= 0.3 is 0 Å². The number of nitrogens with zero attached hydrogens (tertiary/aromatic N) is 4. The zero-order chi connectivity index (χ0) is 20.4. The third-order valence-electron chi connectivity index (χ3n) is 4.52. The first-order valence-corrected chi connectivity index (χ1v) is 8.99. The van der Waals surface area contributed by atoms with Crippen molar-refractivity contribution in [3.05, 3.63) is 77.0 Å². The lowest BCUT2D eigenvalue weighted by atomic mass is 10.2. The van der Waals surface area contributed by atoms with Gasteiger partial charge in [-0.25, -0.2) is 9.67 Å². The molecule has 0 bridgehead atoms. The zero-order valence-corrected chi connectivity index (χ0v) is 16.0. The van der Waals surface area contributed by atoms with Gasteiger partial charge in [0.15, 0.2) is 5.65 Å². The summed E-state index contributed by atoms with van der Waals surface area (Å²) in [6, 6.07) is 14.7. The first-order chi connectivity index (χ1) is 14.0. The molecule has 146 valence electrons. The third-order valence-corrected chi connectivity index (χ3v) is 4.52. The van der Waals surface area contributed by atoms with Crippen LogP contribution in [-0.4, -0.2) is 32.3 Å². The number of ether oxygens (including phenoxy) is 1. The first kappa shape index (κ1) is 18.4. The molecule has 4 rings (SSSR count). The van der Waals surface area contributed by atoms with E-state index in [1.54, 1.807) is 23.9 Å². The van der Waals surface area contributed by atoms with Gasteiger partial charge in [-0.3, -0.25) is 14.2 Å². The highest BCUT2D eigenvalue weighted by atomic mass is 16.5. The Hall–Kier alpha value is -3.94. The molecule has 2 aromatic heterocycles. The van der Waals surface area contributed by atoms with E-state index >= 15 is 0 Å². The lowest BCUT2D eigenvalue weighted by Crippen LogP contribution is -2.27. The molecule has 0 aliphatic carbocycles. The molecule has 2 heterocycles. The van der Waals surface area contributed by atoms with Crippen LogP contribution in [-0.2, 0) is 11.3 Å². The van der Waals surface area contributed by atoms with Crippen molar-refractivity contribution in [2.24, 2.45) is 0 Å². The molecule has 0 aliphatic rings. The summed E-state index contributed by atoms with van der Waals surface area (Å²) in [6.07, 6.45) is 2.82. The Morgan fingerprint density at radius 1 is 1.10 bits per heavy atom. The Morgan fingerprint density at radius 2 is 1.83 bits per heavy atom. The fourth-order valence-electron chi connectivity index (χ4n) is 2.97. The molecule has 8 nitrogen and oxygen atoms in total. The van der Waals surface area contributed by atoms with E-state index in [-0.39, 0.29) is 18.0 Å². The molecule has 0 unspecified atom stereocenters. The largest absolute Gasteiger partial charge is 0.497 e. The fraction of sp³-hybridized carbons (Fsp3) is 0.143. The number of amides is 1. The predicted octanol–water partition coefficient (Wildman–Crippen LogP) is 2.54. The Balaban J connectivity index is 1.58. The van der Waals surface area contributed by atoms with Crippen LogP contribution < -0.4 is 15.6 Å². The number of anilines is 1. The first-order valence-electron chi connectivity index (χ1n) is 8.99. The number of nitrogens with one attached hydrogen (secondary N) is 1. The Morgan fingerprint density at radius 3 is 2.52 bits per heavy atom. The molecular weight excluding hydrogens is 370 g/mol. The van der Waals surface area contributed by atoms with Crippen LogP contribution in [0.15, 0.2) is 65.8 Å². The van der Waals surface area contributed by atoms with Gasteiger partial charge in [0, 0.05) is 5.69 Å². The summed E-state index contributed by atoms with van der Waals surface area (Å²) in [5.41, 5.74) is 2.63. The van der Waals surface area contributed by atoms with Crippen molar-refractivity contribution < 1.29 is 9.53 Å². The highest BCUT2D eigenvalue weighted by Crippen LogP contribution is 2.17. The maximum atomic E-state index is 12.8. The Labute approximate surface area is 166 Å². The molecule has 1 amide bonds. The van der Waals surface area contributed by atoms with Crippen molar-refractivity contribution in [1.29, 1.82) is 0 Å². The molecule has 0 aliphatic heterocycles. The van der Waals surface area contributed by atoms with Gasteiger partial charge in [0.2, 0.25) is 5.91 Å². The predicted molar refractivity (Wildman–Crippen MR) is 109 cm³/mol. The van der Waals surface area contributed by atoms with E-state index in [1.165, 1.54) is 17.1 Å².